The number of hydrogen-bond acceptors (Lipinski definition) is 3. The van der Waals surface area contributed by atoms with E-state index < -0.39 is 0 Å². The van der Waals surface area contributed by atoms with E-state index in [4.69, 9.17) is 11.6 Å². The van der Waals surface area contributed by atoms with Gasteiger partial charge in [-0.25, -0.2) is 0 Å². The molecule has 0 atom stereocenters. The fourth-order valence-electron chi connectivity index (χ4n) is 3.78. The third-order valence-electron chi connectivity index (χ3n) is 5.16. The molecule has 5 rings (SSSR count). The molecule has 0 bridgehead atoms. The first-order valence-electron chi connectivity index (χ1n) is 9.07. The first-order valence-corrected chi connectivity index (χ1v) is 9.45. The van der Waals surface area contributed by atoms with Crippen LogP contribution in [0.3, 0.4) is 0 Å². The van der Waals surface area contributed by atoms with Crippen LogP contribution in [0.15, 0.2) is 66.7 Å². The number of rotatable bonds is 3. The highest BCUT2D eigenvalue weighted by Gasteiger charge is 2.29. The van der Waals surface area contributed by atoms with Crippen LogP contribution in [-0.4, -0.2) is 21.5 Å². The molecular weight excluding hydrogens is 372 g/mol. The number of ketones is 1. The van der Waals surface area contributed by atoms with Crippen molar-refractivity contribution in [2.24, 2.45) is 0 Å². The minimum atomic E-state index is -0.102. The Balaban J connectivity index is 1.57. The summed E-state index contributed by atoms with van der Waals surface area (Å²) in [5.74, 6) is -0.128. The van der Waals surface area contributed by atoms with E-state index in [1.807, 2.05) is 48.5 Å². The molecule has 0 N–H and O–H groups in total. The summed E-state index contributed by atoms with van der Waals surface area (Å²) in [5.41, 5.74) is 4.42. The smallest absolute Gasteiger partial charge is 0.247 e. The van der Waals surface area contributed by atoms with E-state index in [2.05, 4.69) is 5.10 Å². The van der Waals surface area contributed by atoms with Gasteiger partial charge in [0.25, 0.3) is 0 Å². The van der Waals surface area contributed by atoms with Crippen LogP contribution in [-0.2, 0) is 6.42 Å². The van der Waals surface area contributed by atoms with Crippen molar-refractivity contribution in [1.29, 1.82) is 0 Å². The summed E-state index contributed by atoms with van der Waals surface area (Å²) in [5, 5.41) is 6.04. The molecule has 3 aromatic carbocycles. The fourth-order valence-corrected chi connectivity index (χ4v) is 3.90. The van der Waals surface area contributed by atoms with Crippen molar-refractivity contribution >= 4 is 34.2 Å². The Morgan fingerprint density at radius 3 is 2.39 bits per heavy atom. The summed E-state index contributed by atoms with van der Waals surface area (Å²) < 4.78 is 1.44. The Bertz CT molecular complexity index is 1260. The number of halogens is 1. The molecule has 0 aliphatic heterocycles. The van der Waals surface area contributed by atoms with Gasteiger partial charge < -0.3 is 0 Å². The van der Waals surface area contributed by atoms with Gasteiger partial charge in [0, 0.05) is 33.5 Å². The number of nitrogens with zero attached hydrogens (tertiary/aromatic N) is 2. The van der Waals surface area contributed by atoms with Gasteiger partial charge in [0.05, 0.1) is 5.52 Å². The molecule has 1 aromatic heterocycles. The van der Waals surface area contributed by atoms with E-state index in [9.17, 15) is 9.59 Å². The Morgan fingerprint density at radius 1 is 0.893 bits per heavy atom. The lowest BCUT2D eigenvalue weighted by Gasteiger charge is -2.13. The predicted octanol–water partition coefficient (Wildman–Crippen LogP) is 5.17. The highest BCUT2D eigenvalue weighted by Crippen LogP contribution is 2.38. The van der Waals surface area contributed by atoms with Gasteiger partial charge in [-0.3, -0.25) is 9.59 Å². The van der Waals surface area contributed by atoms with E-state index in [1.54, 1.807) is 18.2 Å². The van der Waals surface area contributed by atoms with Crippen LogP contribution in [0.5, 0.6) is 0 Å². The average Bonchev–Trinajstić information content (AvgIpc) is 3.12. The van der Waals surface area contributed by atoms with E-state index in [0.29, 0.717) is 40.2 Å². The third kappa shape index (κ3) is 2.57. The molecule has 1 aliphatic carbocycles. The van der Waals surface area contributed by atoms with E-state index in [1.165, 1.54) is 4.68 Å². The van der Waals surface area contributed by atoms with E-state index >= 15 is 0 Å². The summed E-state index contributed by atoms with van der Waals surface area (Å²) in [6.45, 7) is 0. The van der Waals surface area contributed by atoms with Crippen LogP contribution in [0.2, 0.25) is 5.02 Å². The van der Waals surface area contributed by atoms with Crippen molar-refractivity contribution in [1.82, 2.24) is 9.78 Å². The van der Waals surface area contributed by atoms with Gasteiger partial charge >= 0.3 is 0 Å². The summed E-state index contributed by atoms with van der Waals surface area (Å²) in [6, 6.07) is 20.3. The molecule has 4 nitrogen and oxygen atoms in total. The van der Waals surface area contributed by atoms with Gasteiger partial charge in [0.2, 0.25) is 5.91 Å². The third-order valence-corrected chi connectivity index (χ3v) is 5.41. The van der Waals surface area contributed by atoms with Gasteiger partial charge in [-0.1, -0.05) is 60.1 Å². The highest BCUT2D eigenvalue weighted by atomic mass is 35.5. The van der Waals surface area contributed by atoms with Crippen molar-refractivity contribution in [3.63, 3.8) is 0 Å². The normalized spacial score (nSPS) is 12.2. The molecule has 4 aromatic rings. The number of aromatic nitrogens is 2. The van der Waals surface area contributed by atoms with Crippen LogP contribution in [0.4, 0.5) is 0 Å². The number of hydrogen-bond donors (Lipinski definition) is 0. The molecule has 0 spiro atoms. The monoisotopic (exact) mass is 386 g/mol. The van der Waals surface area contributed by atoms with Crippen molar-refractivity contribution in [2.75, 3.05) is 0 Å². The molecule has 28 heavy (non-hydrogen) atoms. The molecule has 0 unspecified atom stereocenters. The van der Waals surface area contributed by atoms with Crippen LogP contribution in [0.1, 0.15) is 32.7 Å². The van der Waals surface area contributed by atoms with Gasteiger partial charge in [-0.05, 0) is 30.2 Å². The Hall–Kier alpha value is -3.24. The first-order chi connectivity index (χ1) is 13.6. The molecule has 0 radical (unpaired) electrons. The lowest BCUT2D eigenvalue weighted by Crippen LogP contribution is -2.13. The van der Waals surface area contributed by atoms with Gasteiger partial charge in [-0.15, -0.1) is 0 Å². The summed E-state index contributed by atoms with van der Waals surface area (Å²) in [6.07, 6.45) is 0.916. The van der Waals surface area contributed by atoms with Crippen LogP contribution in [0, 0.1) is 0 Å². The lowest BCUT2D eigenvalue weighted by atomic mass is 9.87. The molecule has 136 valence electrons. The maximum Gasteiger partial charge on any atom is 0.247 e. The summed E-state index contributed by atoms with van der Waals surface area (Å²) in [4.78, 5) is 25.8. The second kappa shape index (κ2) is 6.43. The zero-order valence-corrected chi connectivity index (χ0v) is 15.6. The molecule has 0 amide bonds. The predicted molar refractivity (Wildman–Crippen MR) is 109 cm³/mol. The number of fused-ring (bicyclic) bond motifs is 2. The van der Waals surface area contributed by atoms with Crippen LogP contribution < -0.4 is 0 Å². The zero-order valence-electron chi connectivity index (χ0n) is 14.9. The number of carbonyl (C=O) groups excluding carboxylic acids is 2. The van der Waals surface area contributed by atoms with Crippen molar-refractivity contribution in [3.8, 4) is 11.3 Å². The number of aryl methyl sites for hydroxylation is 1. The molecule has 0 saturated heterocycles. The number of benzene rings is 3. The Kier molecular flexibility index (Phi) is 3.88. The zero-order chi connectivity index (χ0) is 19.3. The molecular formula is C23H15ClN2O2. The molecule has 5 heteroatoms. The Labute approximate surface area is 166 Å². The molecule has 0 fully saturated rings. The highest BCUT2D eigenvalue weighted by molar-refractivity contribution is 6.30. The second-order valence-electron chi connectivity index (χ2n) is 6.86. The van der Waals surface area contributed by atoms with Crippen molar-refractivity contribution < 1.29 is 9.59 Å². The largest absolute Gasteiger partial charge is 0.289 e. The average molecular weight is 387 g/mol. The van der Waals surface area contributed by atoms with Gasteiger partial charge in [0.15, 0.2) is 5.78 Å². The topological polar surface area (TPSA) is 52.0 Å². The molecule has 1 aliphatic rings. The number of carbonyl (C=O) groups is 2. The fraction of sp³-hybridized carbons (Fsp3) is 0.0870. The Morgan fingerprint density at radius 2 is 1.61 bits per heavy atom. The second-order valence-corrected chi connectivity index (χ2v) is 7.29. The van der Waals surface area contributed by atoms with Gasteiger partial charge in [0.1, 0.15) is 5.69 Å². The summed E-state index contributed by atoms with van der Waals surface area (Å²) in [7, 11) is 0. The quantitative estimate of drug-likeness (QED) is 0.429. The first kappa shape index (κ1) is 16.9. The van der Waals surface area contributed by atoms with Crippen LogP contribution >= 0.6 is 11.6 Å². The van der Waals surface area contributed by atoms with Gasteiger partial charge in [-0.2, -0.15) is 9.78 Å². The molecule has 1 heterocycles. The lowest BCUT2D eigenvalue weighted by molar-refractivity contribution is 0.0893. The summed E-state index contributed by atoms with van der Waals surface area (Å²) >= 11 is 5.92. The SMILES string of the molecule is O=C1c2ccccc2-c2nn(C(=O)CCc3ccc(Cl)cc3)c3cccc1c23. The van der Waals surface area contributed by atoms with Crippen molar-refractivity contribution in [2.45, 2.75) is 12.8 Å². The minimum absolute atomic E-state index is 0.0261. The van der Waals surface area contributed by atoms with E-state index in [0.717, 1.165) is 16.5 Å². The van der Waals surface area contributed by atoms with Crippen molar-refractivity contribution in [3.05, 3.63) is 88.4 Å². The maximum absolute atomic E-state index is 12.9. The van der Waals surface area contributed by atoms with E-state index in [-0.39, 0.29) is 11.7 Å². The standard InChI is InChI=1S/C23H15ClN2O2/c24-15-11-8-14(9-12-15)10-13-20(27)26-19-7-3-6-18-21(19)22(25-26)16-4-1-2-5-17(16)23(18)28/h1-9,11-12H,10,13H2. The maximum atomic E-state index is 12.9. The minimum Gasteiger partial charge on any atom is -0.289 e. The van der Waals surface area contributed by atoms with Crippen LogP contribution in [0.25, 0.3) is 22.2 Å². The molecule has 0 saturated carbocycles.